The fourth-order valence-corrected chi connectivity index (χ4v) is 1.78. The van der Waals surface area contributed by atoms with Crippen LogP contribution in [0.5, 0.6) is 0 Å². The smallest absolute Gasteiger partial charge is 0.196 e. The average molecular weight is 227 g/mol. The van der Waals surface area contributed by atoms with E-state index in [9.17, 15) is 10.2 Å². The van der Waals surface area contributed by atoms with Crippen LogP contribution in [0.15, 0.2) is 18.3 Å². The van der Waals surface area contributed by atoms with Crippen LogP contribution < -0.4 is 0 Å². The molecule has 0 aromatic carbocycles. The predicted octanol–water partition coefficient (Wildman–Crippen LogP) is 1.53. The number of aromatic nitrogens is 2. The van der Waals surface area contributed by atoms with Crippen LogP contribution in [0.1, 0.15) is 24.6 Å². The van der Waals surface area contributed by atoms with Gasteiger partial charge in [-0.05, 0) is 18.6 Å². The minimum absolute atomic E-state index is 0.384. The molecule has 0 saturated heterocycles. The summed E-state index contributed by atoms with van der Waals surface area (Å²) in [6, 6.07) is 3.46. The first-order chi connectivity index (χ1) is 7.13. The summed E-state index contributed by atoms with van der Waals surface area (Å²) in [5.74, 6) is 0. The zero-order chi connectivity index (χ0) is 11.0. The van der Waals surface area contributed by atoms with Crippen LogP contribution in [0.25, 0.3) is 5.65 Å². The lowest BCUT2D eigenvalue weighted by molar-refractivity contribution is -0.0470. The molecule has 2 rings (SSSR count). The second-order valence-electron chi connectivity index (χ2n) is 3.25. The Balaban J connectivity index is 2.76. The van der Waals surface area contributed by atoms with Crippen molar-refractivity contribution in [2.75, 3.05) is 0 Å². The Morgan fingerprint density at radius 2 is 2.20 bits per heavy atom. The van der Waals surface area contributed by atoms with Crippen LogP contribution in [0, 0.1) is 0 Å². The first-order valence-corrected chi connectivity index (χ1v) is 5.03. The molecule has 0 unspecified atom stereocenters. The molecule has 0 saturated carbocycles. The number of imidazole rings is 1. The third-order valence-corrected chi connectivity index (χ3v) is 2.50. The molecule has 2 heterocycles. The van der Waals surface area contributed by atoms with Crippen molar-refractivity contribution in [3.63, 3.8) is 0 Å². The molecule has 0 radical (unpaired) electrons. The Kier molecular flexibility index (Phi) is 2.65. The first-order valence-electron chi connectivity index (χ1n) is 4.66. The van der Waals surface area contributed by atoms with Gasteiger partial charge >= 0.3 is 0 Å². The number of rotatable bonds is 2. The summed E-state index contributed by atoms with van der Waals surface area (Å²) in [6.07, 6.45) is 0.734. The number of aryl methyl sites for hydroxylation is 1. The maximum Gasteiger partial charge on any atom is 0.196 e. The Bertz CT molecular complexity index is 493. The van der Waals surface area contributed by atoms with E-state index < -0.39 is 6.29 Å². The SMILES string of the molecule is CCc1nc2ccc(Cl)cn2c1C(O)O. The van der Waals surface area contributed by atoms with Crippen molar-refractivity contribution in [2.24, 2.45) is 0 Å². The summed E-state index contributed by atoms with van der Waals surface area (Å²) in [6.45, 7) is 1.91. The lowest BCUT2D eigenvalue weighted by Gasteiger charge is -2.05. The summed E-state index contributed by atoms with van der Waals surface area (Å²) in [7, 11) is 0. The minimum atomic E-state index is -1.53. The average Bonchev–Trinajstić information content (AvgIpc) is 2.55. The van der Waals surface area contributed by atoms with Gasteiger partial charge in [0.05, 0.1) is 10.7 Å². The summed E-state index contributed by atoms with van der Waals surface area (Å²) in [4.78, 5) is 4.28. The van der Waals surface area contributed by atoms with Gasteiger partial charge in [-0.15, -0.1) is 0 Å². The summed E-state index contributed by atoms with van der Waals surface area (Å²) in [5.41, 5.74) is 1.72. The molecule has 0 spiro atoms. The maximum absolute atomic E-state index is 9.27. The van der Waals surface area contributed by atoms with E-state index in [1.807, 2.05) is 6.92 Å². The molecule has 0 fully saturated rings. The molecule has 0 bridgehead atoms. The molecular weight excluding hydrogens is 216 g/mol. The summed E-state index contributed by atoms with van der Waals surface area (Å²) in [5, 5.41) is 19.1. The molecule has 0 amide bonds. The van der Waals surface area contributed by atoms with Gasteiger partial charge in [0.25, 0.3) is 0 Å². The molecular formula is C10H11ClN2O2. The van der Waals surface area contributed by atoms with Crippen molar-refractivity contribution in [3.05, 3.63) is 34.7 Å². The molecule has 2 aromatic rings. The lowest BCUT2D eigenvalue weighted by atomic mass is 10.2. The molecule has 0 aliphatic heterocycles. The number of nitrogens with zero attached hydrogens (tertiary/aromatic N) is 2. The molecule has 5 heteroatoms. The van der Waals surface area contributed by atoms with Crippen molar-refractivity contribution in [1.29, 1.82) is 0 Å². The highest BCUT2D eigenvalue weighted by molar-refractivity contribution is 6.30. The molecule has 0 aliphatic carbocycles. The zero-order valence-corrected chi connectivity index (χ0v) is 8.94. The van der Waals surface area contributed by atoms with Gasteiger partial charge in [-0.2, -0.15) is 0 Å². The minimum Gasteiger partial charge on any atom is -0.363 e. The molecule has 0 aliphatic rings. The Morgan fingerprint density at radius 1 is 1.47 bits per heavy atom. The van der Waals surface area contributed by atoms with Crippen LogP contribution in [0.3, 0.4) is 0 Å². The van der Waals surface area contributed by atoms with E-state index in [0.29, 0.717) is 28.5 Å². The van der Waals surface area contributed by atoms with E-state index >= 15 is 0 Å². The standard InChI is InChI=1S/C10H11ClN2O2/c1-2-7-9(10(14)15)13-5-6(11)3-4-8(13)12-7/h3-5,10,14-15H,2H2,1H3. The van der Waals surface area contributed by atoms with Gasteiger partial charge < -0.3 is 10.2 Å². The summed E-state index contributed by atoms with van der Waals surface area (Å²) < 4.78 is 1.60. The predicted molar refractivity (Wildman–Crippen MR) is 56.8 cm³/mol. The summed E-state index contributed by atoms with van der Waals surface area (Å²) >= 11 is 5.84. The van der Waals surface area contributed by atoms with Crippen molar-refractivity contribution in [3.8, 4) is 0 Å². The number of aliphatic hydroxyl groups is 2. The van der Waals surface area contributed by atoms with Crippen LogP contribution in [-0.2, 0) is 6.42 Å². The molecule has 15 heavy (non-hydrogen) atoms. The number of hydrogen-bond acceptors (Lipinski definition) is 3. The third kappa shape index (κ3) is 1.71. The highest BCUT2D eigenvalue weighted by Crippen LogP contribution is 2.21. The van der Waals surface area contributed by atoms with E-state index in [-0.39, 0.29) is 0 Å². The van der Waals surface area contributed by atoms with Crippen molar-refractivity contribution < 1.29 is 10.2 Å². The Morgan fingerprint density at radius 3 is 2.80 bits per heavy atom. The molecule has 80 valence electrons. The number of aliphatic hydroxyl groups excluding tert-OH is 1. The van der Waals surface area contributed by atoms with Crippen LogP contribution >= 0.6 is 11.6 Å². The number of halogens is 1. The fraction of sp³-hybridized carbons (Fsp3) is 0.300. The first kappa shape index (κ1) is 10.4. The molecule has 2 N–H and O–H groups in total. The van der Waals surface area contributed by atoms with Gasteiger partial charge in [-0.1, -0.05) is 18.5 Å². The van der Waals surface area contributed by atoms with Crippen LogP contribution in [0.4, 0.5) is 0 Å². The Hall–Kier alpha value is -1.10. The highest BCUT2D eigenvalue weighted by Gasteiger charge is 2.16. The van der Waals surface area contributed by atoms with E-state index in [1.54, 1.807) is 22.7 Å². The topological polar surface area (TPSA) is 57.8 Å². The van der Waals surface area contributed by atoms with Crippen LogP contribution in [0.2, 0.25) is 5.02 Å². The zero-order valence-electron chi connectivity index (χ0n) is 8.18. The van der Waals surface area contributed by atoms with Crippen molar-refractivity contribution in [1.82, 2.24) is 9.38 Å². The number of fused-ring (bicyclic) bond motifs is 1. The van der Waals surface area contributed by atoms with E-state index in [1.165, 1.54) is 0 Å². The maximum atomic E-state index is 9.27. The van der Waals surface area contributed by atoms with Gasteiger partial charge in [-0.3, -0.25) is 4.40 Å². The molecule has 0 atom stereocenters. The van der Waals surface area contributed by atoms with Gasteiger partial charge in [0.15, 0.2) is 6.29 Å². The van der Waals surface area contributed by atoms with E-state index in [4.69, 9.17) is 11.6 Å². The second kappa shape index (κ2) is 3.81. The van der Waals surface area contributed by atoms with E-state index in [0.717, 1.165) is 0 Å². The van der Waals surface area contributed by atoms with Gasteiger partial charge in [0.1, 0.15) is 11.3 Å². The molecule has 4 nitrogen and oxygen atoms in total. The van der Waals surface area contributed by atoms with Gasteiger partial charge in [0.2, 0.25) is 0 Å². The fourth-order valence-electron chi connectivity index (χ4n) is 1.62. The quantitative estimate of drug-likeness (QED) is 0.764. The third-order valence-electron chi connectivity index (χ3n) is 2.28. The largest absolute Gasteiger partial charge is 0.363 e. The van der Waals surface area contributed by atoms with Crippen molar-refractivity contribution in [2.45, 2.75) is 19.6 Å². The molecule has 2 aromatic heterocycles. The Labute approximate surface area is 91.8 Å². The normalized spacial score (nSPS) is 11.5. The van der Waals surface area contributed by atoms with Crippen molar-refractivity contribution >= 4 is 17.2 Å². The lowest BCUT2D eigenvalue weighted by Crippen LogP contribution is -2.03. The van der Waals surface area contributed by atoms with Crippen LogP contribution in [-0.4, -0.2) is 19.6 Å². The van der Waals surface area contributed by atoms with Gasteiger partial charge in [0, 0.05) is 6.20 Å². The number of pyridine rings is 1. The second-order valence-corrected chi connectivity index (χ2v) is 3.68. The highest BCUT2D eigenvalue weighted by atomic mass is 35.5. The van der Waals surface area contributed by atoms with Gasteiger partial charge in [-0.25, -0.2) is 4.98 Å². The van der Waals surface area contributed by atoms with E-state index in [2.05, 4.69) is 4.98 Å². The monoisotopic (exact) mass is 226 g/mol. The number of hydrogen-bond donors (Lipinski definition) is 2.